The molecule has 2 aromatic rings. The molecule has 0 aliphatic carbocycles. The monoisotopic (exact) mass is 276 g/mol. The zero-order chi connectivity index (χ0) is 13.8. The van der Waals surface area contributed by atoms with Gasteiger partial charge in [-0.2, -0.15) is 0 Å². The number of rotatable bonds is 4. The van der Waals surface area contributed by atoms with Gasteiger partial charge >= 0.3 is 0 Å². The van der Waals surface area contributed by atoms with Gasteiger partial charge in [-0.3, -0.25) is 4.79 Å². The lowest BCUT2D eigenvalue weighted by molar-refractivity contribution is -0.118. The maximum atomic E-state index is 11.5. The summed E-state index contributed by atoms with van der Waals surface area (Å²) >= 11 is 5.80. The Morgan fingerprint density at radius 1 is 1.11 bits per heavy atom. The van der Waals surface area contributed by atoms with Crippen molar-refractivity contribution in [1.29, 1.82) is 0 Å². The Morgan fingerprint density at radius 2 is 1.68 bits per heavy atom. The number of anilines is 1. The zero-order valence-electron chi connectivity index (χ0n) is 10.0. The highest BCUT2D eigenvalue weighted by Crippen LogP contribution is 2.22. The molecule has 1 unspecified atom stereocenters. The van der Waals surface area contributed by atoms with E-state index in [2.05, 4.69) is 5.32 Å². The van der Waals surface area contributed by atoms with Crippen LogP contribution in [0.1, 0.15) is 11.6 Å². The molecule has 0 spiro atoms. The fraction of sp³-hybridized carbons (Fsp3) is 0.0714. The van der Waals surface area contributed by atoms with E-state index in [9.17, 15) is 9.90 Å². The maximum Gasteiger partial charge on any atom is 0.244 e. The van der Waals surface area contributed by atoms with Crippen LogP contribution < -0.4 is 11.1 Å². The molecule has 4 N–H and O–H groups in total. The lowest BCUT2D eigenvalue weighted by atomic mass is 10.1. The summed E-state index contributed by atoms with van der Waals surface area (Å²) in [5, 5.41) is 12.9. The number of benzene rings is 2. The van der Waals surface area contributed by atoms with Gasteiger partial charge in [0, 0.05) is 10.7 Å². The van der Waals surface area contributed by atoms with Gasteiger partial charge in [0.15, 0.2) is 0 Å². The smallest absolute Gasteiger partial charge is 0.244 e. The first-order chi connectivity index (χ1) is 9.06. The van der Waals surface area contributed by atoms with Crippen LogP contribution in [0.15, 0.2) is 48.5 Å². The Balaban J connectivity index is 2.23. The Labute approximate surface area is 115 Å². The van der Waals surface area contributed by atoms with E-state index in [4.69, 9.17) is 17.3 Å². The van der Waals surface area contributed by atoms with Crippen molar-refractivity contribution in [2.24, 2.45) is 5.73 Å². The zero-order valence-corrected chi connectivity index (χ0v) is 10.8. The van der Waals surface area contributed by atoms with E-state index in [1.807, 2.05) is 0 Å². The quantitative estimate of drug-likeness (QED) is 0.804. The van der Waals surface area contributed by atoms with Gasteiger partial charge < -0.3 is 16.2 Å². The van der Waals surface area contributed by atoms with E-state index in [0.29, 0.717) is 10.6 Å². The third kappa shape index (κ3) is 3.39. The van der Waals surface area contributed by atoms with Gasteiger partial charge in [0.05, 0.1) is 0 Å². The van der Waals surface area contributed by atoms with Gasteiger partial charge in [0.1, 0.15) is 11.8 Å². The molecule has 0 saturated heterocycles. The summed E-state index contributed by atoms with van der Waals surface area (Å²) in [5.41, 5.74) is 6.81. The first kappa shape index (κ1) is 13.2. The number of hydrogen-bond acceptors (Lipinski definition) is 3. The standard InChI is InChI=1S/C14H13ClN2O2/c15-10-3-5-11(6-4-10)17-13(14(16)19)9-1-7-12(18)8-2-9/h1-8,13,17-18H,(H2,16,19). The van der Waals surface area contributed by atoms with Crippen molar-refractivity contribution < 1.29 is 9.90 Å². The minimum atomic E-state index is -0.665. The highest BCUT2D eigenvalue weighted by molar-refractivity contribution is 6.30. The summed E-state index contributed by atoms with van der Waals surface area (Å²) in [5.74, 6) is -0.362. The Kier molecular flexibility index (Phi) is 3.92. The van der Waals surface area contributed by atoms with Crippen LogP contribution >= 0.6 is 11.6 Å². The summed E-state index contributed by atoms with van der Waals surface area (Å²) in [6.45, 7) is 0. The van der Waals surface area contributed by atoms with E-state index in [1.54, 1.807) is 36.4 Å². The number of halogens is 1. The van der Waals surface area contributed by atoms with E-state index in [0.717, 1.165) is 5.69 Å². The molecular formula is C14H13ClN2O2. The number of carbonyl (C=O) groups excluding carboxylic acids is 1. The van der Waals surface area contributed by atoms with Crippen molar-refractivity contribution in [3.63, 3.8) is 0 Å². The lowest BCUT2D eigenvalue weighted by Gasteiger charge is -2.17. The van der Waals surface area contributed by atoms with Crippen LogP contribution in [-0.4, -0.2) is 11.0 Å². The number of carbonyl (C=O) groups is 1. The van der Waals surface area contributed by atoms with Crippen molar-refractivity contribution in [3.8, 4) is 5.75 Å². The minimum Gasteiger partial charge on any atom is -0.508 e. The van der Waals surface area contributed by atoms with Crippen LogP contribution in [0.4, 0.5) is 5.69 Å². The minimum absolute atomic E-state index is 0.137. The van der Waals surface area contributed by atoms with Crippen LogP contribution in [0.3, 0.4) is 0 Å². The molecule has 0 aliphatic rings. The van der Waals surface area contributed by atoms with Crippen LogP contribution in [0.2, 0.25) is 5.02 Å². The fourth-order valence-electron chi connectivity index (χ4n) is 1.70. The number of amides is 1. The molecule has 0 aliphatic heterocycles. The number of nitrogens with two attached hydrogens (primary N) is 1. The molecule has 2 aromatic carbocycles. The van der Waals surface area contributed by atoms with E-state index in [1.165, 1.54) is 12.1 Å². The molecule has 2 rings (SSSR count). The Morgan fingerprint density at radius 3 is 2.21 bits per heavy atom. The average molecular weight is 277 g/mol. The highest BCUT2D eigenvalue weighted by Gasteiger charge is 2.17. The van der Waals surface area contributed by atoms with Crippen molar-refractivity contribution in [3.05, 3.63) is 59.1 Å². The van der Waals surface area contributed by atoms with Crippen LogP contribution in [0.5, 0.6) is 5.75 Å². The van der Waals surface area contributed by atoms with Crippen LogP contribution in [-0.2, 0) is 4.79 Å². The van der Waals surface area contributed by atoms with Gasteiger partial charge in [0.25, 0.3) is 0 Å². The third-order valence-electron chi connectivity index (χ3n) is 2.67. The normalized spacial score (nSPS) is 11.8. The average Bonchev–Trinajstić information content (AvgIpc) is 2.39. The Hall–Kier alpha value is -2.20. The lowest BCUT2D eigenvalue weighted by Crippen LogP contribution is -2.27. The van der Waals surface area contributed by atoms with E-state index < -0.39 is 11.9 Å². The van der Waals surface area contributed by atoms with Gasteiger partial charge in [-0.15, -0.1) is 0 Å². The molecule has 0 radical (unpaired) electrons. The topological polar surface area (TPSA) is 75.4 Å². The summed E-state index contributed by atoms with van der Waals surface area (Å²) in [6.07, 6.45) is 0. The predicted octanol–water partition coefficient (Wildman–Crippen LogP) is 2.68. The van der Waals surface area contributed by atoms with Gasteiger partial charge in [-0.25, -0.2) is 0 Å². The summed E-state index contributed by atoms with van der Waals surface area (Å²) in [6, 6.07) is 12.6. The molecule has 5 heteroatoms. The van der Waals surface area contributed by atoms with E-state index in [-0.39, 0.29) is 5.75 Å². The first-order valence-corrected chi connectivity index (χ1v) is 6.04. The summed E-state index contributed by atoms with van der Waals surface area (Å²) in [7, 11) is 0. The fourth-order valence-corrected chi connectivity index (χ4v) is 1.82. The van der Waals surface area contributed by atoms with Crippen LogP contribution in [0.25, 0.3) is 0 Å². The highest BCUT2D eigenvalue weighted by atomic mass is 35.5. The molecule has 0 saturated carbocycles. The Bertz CT molecular complexity index is 567. The molecule has 98 valence electrons. The molecule has 0 aromatic heterocycles. The second-order valence-electron chi connectivity index (χ2n) is 4.08. The molecule has 1 amide bonds. The number of primary amides is 1. The first-order valence-electron chi connectivity index (χ1n) is 5.66. The molecular weight excluding hydrogens is 264 g/mol. The second kappa shape index (κ2) is 5.63. The summed E-state index contributed by atoms with van der Waals surface area (Å²) in [4.78, 5) is 11.5. The maximum absolute atomic E-state index is 11.5. The molecule has 0 heterocycles. The molecule has 4 nitrogen and oxygen atoms in total. The number of phenols is 1. The molecule has 0 bridgehead atoms. The molecule has 19 heavy (non-hydrogen) atoms. The van der Waals surface area contributed by atoms with Gasteiger partial charge in [0.2, 0.25) is 5.91 Å². The number of aromatic hydroxyl groups is 1. The number of hydrogen-bond donors (Lipinski definition) is 3. The van der Waals surface area contributed by atoms with Gasteiger partial charge in [-0.1, -0.05) is 23.7 Å². The van der Waals surface area contributed by atoms with Crippen LogP contribution in [0, 0.1) is 0 Å². The SMILES string of the molecule is NC(=O)C(Nc1ccc(Cl)cc1)c1ccc(O)cc1. The predicted molar refractivity (Wildman–Crippen MR) is 75.1 cm³/mol. The van der Waals surface area contributed by atoms with Crippen molar-refractivity contribution in [2.45, 2.75) is 6.04 Å². The largest absolute Gasteiger partial charge is 0.508 e. The number of phenolic OH excluding ortho intramolecular Hbond substituents is 1. The van der Waals surface area contributed by atoms with Crippen molar-refractivity contribution in [2.75, 3.05) is 5.32 Å². The molecule has 0 fully saturated rings. The molecule has 1 atom stereocenters. The second-order valence-corrected chi connectivity index (χ2v) is 4.51. The third-order valence-corrected chi connectivity index (χ3v) is 2.92. The van der Waals surface area contributed by atoms with Crippen molar-refractivity contribution >= 4 is 23.2 Å². The van der Waals surface area contributed by atoms with Gasteiger partial charge in [-0.05, 0) is 42.0 Å². The number of nitrogens with one attached hydrogen (secondary N) is 1. The van der Waals surface area contributed by atoms with Crippen molar-refractivity contribution in [1.82, 2.24) is 0 Å². The summed E-state index contributed by atoms with van der Waals surface area (Å²) < 4.78 is 0. The van der Waals surface area contributed by atoms with E-state index >= 15 is 0 Å².